The zero-order valence-electron chi connectivity index (χ0n) is 10.3. The second kappa shape index (κ2) is 4.99. The van der Waals surface area contributed by atoms with Gasteiger partial charge in [0.25, 0.3) is 5.91 Å². The maximum Gasteiger partial charge on any atom is 0.326 e. The minimum atomic E-state index is -1.07. The van der Waals surface area contributed by atoms with Crippen molar-refractivity contribution in [1.82, 2.24) is 10.1 Å². The van der Waals surface area contributed by atoms with Crippen molar-refractivity contribution in [3.05, 3.63) is 17.5 Å². The zero-order chi connectivity index (χ0) is 13.2. The van der Waals surface area contributed by atoms with Crippen molar-refractivity contribution in [2.45, 2.75) is 32.7 Å². The van der Waals surface area contributed by atoms with Gasteiger partial charge in [0.15, 0.2) is 0 Å². The quantitative estimate of drug-likeness (QED) is 0.858. The third-order valence-electron chi connectivity index (χ3n) is 2.59. The molecule has 0 saturated heterocycles. The topological polar surface area (TPSA) is 83.6 Å². The van der Waals surface area contributed by atoms with Crippen LogP contribution in [-0.4, -0.2) is 40.1 Å². The molecular weight excluding hydrogens is 224 g/mol. The van der Waals surface area contributed by atoms with E-state index in [1.807, 2.05) is 13.8 Å². The first kappa shape index (κ1) is 13.2. The summed E-state index contributed by atoms with van der Waals surface area (Å²) in [7, 11) is 1.42. The minimum absolute atomic E-state index is 0.0595. The summed E-state index contributed by atoms with van der Waals surface area (Å²) in [6.07, 6.45) is 0. The molecule has 1 rings (SSSR count). The number of likely N-dealkylation sites (N-methyl/N-ethyl adjacent to an activating group) is 1. The largest absolute Gasteiger partial charge is 0.480 e. The molecule has 0 aliphatic carbocycles. The lowest BCUT2D eigenvalue weighted by Gasteiger charge is -2.19. The summed E-state index contributed by atoms with van der Waals surface area (Å²) in [4.78, 5) is 23.7. The van der Waals surface area contributed by atoms with Crippen LogP contribution in [0.3, 0.4) is 0 Å². The molecule has 6 nitrogen and oxygen atoms in total. The molecule has 17 heavy (non-hydrogen) atoms. The fraction of sp³-hybridized carbons (Fsp3) is 0.545. The normalized spacial score (nSPS) is 12.5. The molecule has 0 saturated carbocycles. The number of amides is 1. The number of aromatic nitrogens is 1. The van der Waals surface area contributed by atoms with Crippen LogP contribution in [0.5, 0.6) is 0 Å². The summed E-state index contributed by atoms with van der Waals surface area (Å²) in [5.74, 6) is -1.34. The Hall–Kier alpha value is -1.85. The van der Waals surface area contributed by atoms with E-state index >= 15 is 0 Å². The molecule has 94 valence electrons. The van der Waals surface area contributed by atoms with E-state index in [1.165, 1.54) is 20.0 Å². The lowest BCUT2D eigenvalue weighted by atomic mass is 10.1. The van der Waals surface area contributed by atoms with Crippen molar-refractivity contribution >= 4 is 11.9 Å². The second-order valence-electron chi connectivity index (χ2n) is 4.20. The summed E-state index contributed by atoms with van der Waals surface area (Å²) in [6, 6.07) is 0.632. The Morgan fingerprint density at radius 2 is 2.00 bits per heavy atom. The Morgan fingerprint density at radius 3 is 2.41 bits per heavy atom. The fourth-order valence-electron chi connectivity index (χ4n) is 1.18. The number of carboxylic acids is 1. The van der Waals surface area contributed by atoms with Crippen LogP contribution in [0.2, 0.25) is 0 Å². The molecule has 0 aliphatic heterocycles. The van der Waals surface area contributed by atoms with Gasteiger partial charge in [-0.2, -0.15) is 0 Å². The summed E-state index contributed by atoms with van der Waals surface area (Å²) in [5, 5.41) is 12.6. The maximum absolute atomic E-state index is 11.9. The van der Waals surface area contributed by atoms with E-state index in [9.17, 15) is 9.59 Å². The lowest BCUT2D eigenvalue weighted by molar-refractivity contribution is -0.141. The van der Waals surface area contributed by atoms with Gasteiger partial charge in [0.2, 0.25) is 5.76 Å². The molecule has 1 heterocycles. The van der Waals surface area contributed by atoms with Crippen molar-refractivity contribution in [3.63, 3.8) is 0 Å². The molecule has 0 radical (unpaired) electrons. The van der Waals surface area contributed by atoms with Gasteiger partial charge in [0.1, 0.15) is 6.04 Å². The van der Waals surface area contributed by atoms with E-state index in [1.54, 1.807) is 0 Å². The van der Waals surface area contributed by atoms with E-state index in [0.29, 0.717) is 5.69 Å². The van der Waals surface area contributed by atoms with E-state index in [2.05, 4.69) is 5.16 Å². The van der Waals surface area contributed by atoms with E-state index < -0.39 is 17.9 Å². The van der Waals surface area contributed by atoms with E-state index in [0.717, 1.165) is 4.90 Å². The van der Waals surface area contributed by atoms with Crippen LogP contribution in [-0.2, 0) is 4.79 Å². The molecule has 0 bridgehead atoms. The van der Waals surface area contributed by atoms with E-state index in [-0.39, 0.29) is 11.7 Å². The van der Waals surface area contributed by atoms with Gasteiger partial charge < -0.3 is 14.5 Å². The number of aliphatic carboxylic acids is 1. The summed E-state index contributed by atoms with van der Waals surface area (Å²) in [6.45, 7) is 5.28. The molecule has 0 aliphatic rings. The number of carbonyl (C=O) groups excluding carboxylic acids is 1. The van der Waals surface area contributed by atoms with Gasteiger partial charge in [0.05, 0.1) is 5.69 Å². The molecule has 0 aromatic carbocycles. The highest BCUT2D eigenvalue weighted by Gasteiger charge is 2.25. The SMILES string of the molecule is CC(C)c1cc(C(=O)N(C)C(C)C(=O)O)on1. The molecule has 0 spiro atoms. The van der Waals surface area contributed by atoms with Crippen LogP contribution in [0.1, 0.15) is 42.9 Å². The van der Waals surface area contributed by atoms with Crippen molar-refractivity contribution in [2.75, 3.05) is 7.05 Å². The first-order chi connectivity index (χ1) is 7.84. The molecule has 1 aromatic heterocycles. The average Bonchev–Trinajstić information content (AvgIpc) is 2.75. The van der Waals surface area contributed by atoms with E-state index in [4.69, 9.17) is 9.63 Å². The predicted molar refractivity (Wildman–Crippen MR) is 59.8 cm³/mol. The first-order valence-electron chi connectivity index (χ1n) is 5.31. The number of hydrogen-bond donors (Lipinski definition) is 1. The summed E-state index contributed by atoms with van der Waals surface area (Å²) < 4.78 is 4.90. The van der Waals surface area contributed by atoms with Gasteiger partial charge in [-0.25, -0.2) is 4.79 Å². The molecule has 1 atom stereocenters. The number of rotatable bonds is 4. The predicted octanol–water partition coefficient (Wildman–Crippen LogP) is 1.34. The summed E-state index contributed by atoms with van der Waals surface area (Å²) >= 11 is 0. The van der Waals surface area contributed by atoms with Crippen LogP contribution in [0.15, 0.2) is 10.6 Å². The van der Waals surface area contributed by atoms with Crippen LogP contribution in [0.4, 0.5) is 0 Å². The van der Waals surface area contributed by atoms with Gasteiger partial charge in [-0.1, -0.05) is 19.0 Å². The smallest absolute Gasteiger partial charge is 0.326 e. The van der Waals surface area contributed by atoms with Crippen LogP contribution >= 0.6 is 0 Å². The summed E-state index contributed by atoms with van der Waals surface area (Å²) in [5.41, 5.74) is 0.671. The molecule has 1 unspecified atom stereocenters. The Labute approximate surface area is 99.2 Å². The van der Waals surface area contributed by atoms with Gasteiger partial charge >= 0.3 is 5.97 Å². The van der Waals surface area contributed by atoms with Gasteiger partial charge in [0, 0.05) is 13.1 Å². The number of nitrogens with zero attached hydrogens (tertiary/aromatic N) is 2. The number of carbonyl (C=O) groups is 2. The van der Waals surface area contributed by atoms with Crippen molar-refractivity contribution < 1.29 is 19.2 Å². The Bertz CT molecular complexity index is 425. The molecule has 1 N–H and O–H groups in total. The molecule has 6 heteroatoms. The Kier molecular flexibility index (Phi) is 3.88. The number of hydrogen-bond acceptors (Lipinski definition) is 4. The zero-order valence-corrected chi connectivity index (χ0v) is 10.3. The van der Waals surface area contributed by atoms with Crippen LogP contribution < -0.4 is 0 Å². The van der Waals surface area contributed by atoms with Gasteiger partial charge in [-0.15, -0.1) is 0 Å². The van der Waals surface area contributed by atoms with Crippen molar-refractivity contribution in [1.29, 1.82) is 0 Å². The first-order valence-corrected chi connectivity index (χ1v) is 5.31. The Morgan fingerprint density at radius 1 is 1.41 bits per heavy atom. The van der Waals surface area contributed by atoms with Gasteiger partial charge in [-0.05, 0) is 12.8 Å². The monoisotopic (exact) mass is 240 g/mol. The van der Waals surface area contributed by atoms with Crippen LogP contribution in [0, 0.1) is 0 Å². The third kappa shape index (κ3) is 2.83. The third-order valence-corrected chi connectivity index (χ3v) is 2.59. The fourth-order valence-corrected chi connectivity index (χ4v) is 1.18. The molecule has 1 amide bonds. The lowest BCUT2D eigenvalue weighted by Crippen LogP contribution is -2.40. The van der Waals surface area contributed by atoms with Gasteiger partial charge in [-0.3, -0.25) is 4.79 Å². The van der Waals surface area contributed by atoms with Crippen LogP contribution in [0.25, 0.3) is 0 Å². The van der Waals surface area contributed by atoms with Crippen molar-refractivity contribution in [2.24, 2.45) is 0 Å². The molecular formula is C11H16N2O4. The highest BCUT2D eigenvalue weighted by molar-refractivity contribution is 5.94. The maximum atomic E-state index is 11.9. The molecule has 1 aromatic rings. The number of carboxylic acid groups (broad SMARTS) is 1. The second-order valence-corrected chi connectivity index (χ2v) is 4.20. The standard InChI is InChI=1S/C11H16N2O4/c1-6(2)8-5-9(17-12-8)10(14)13(4)7(3)11(15)16/h5-7H,1-4H3,(H,15,16). The van der Waals surface area contributed by atoms with Crippen molar-refractivity contribution in [3.8, 4) is 0 Å². The average molecular weight is 240 g/mol. The molecule has 0 fully saturated rings. The highest BCUT2D eigenvalue weighted by atomic mass is 16.5. The highest BCUT2D eigenvalue weighted by Crippen LogP contribution is 2.15. The minimum Gasteiger partial charge on any atom is -0.480 e. The Balaban J connectivity index is 2.85.